The molecule has 0 spiro atoms. The zero-order chi connectivity index (χ0) is 15.2. The third-order valence-electron chi connectivity index (χ3n) is 3.10. The van der Waals surface area contributed by atoms with Crippen LogP contribution in [0.15, 0.2) is 36.5 Å². The molecule has 0 atom stereocenters. The van der Waals surface area contributed by atoms with Crippen molar-refractivity contribution < 1.29 is 9.90 Å². The van der Waals surface area contributed by atoms with Crippen molar-refractivity contribution in [1.29, 1.82) is 0 Å². The van der Waals surface area contributed by atoms with Crippen LogP contribution in [-0.4, -0.2) is 28.7 Å². The largest absolute Gasteiger partial charge is 0.477 e. The Bertz CT molecular complexity index is 625. The molecule has 0 fully saturated rings. The van der Waals surface area contributed by atoms with Gasteiger partial charge in [0, 0.05) is 32.9 Å². The Labute approximate surface area is 128 Å². The average Bonchev–Trinajstić information content (AvgIpc) is 2.82. The van der Waals surface area contributed by atoms with E-state index in [1.165, 1.54) is 0 Å². The number of aryl methyl sites for hydroxylation is 1. The van der Waals surface area contributed by atoms with Crippen LogP contribution in [0.1, 0.15) is 16.1 Å². The smallest absolute Gasteiger partial charge is 0.352 e. The Morgan fingerprint density at radius 2 is 2.10 bits per heavy atom. The minimum atomic E-state index is -0.913. The van der Waals surface area contributed by atoms with Crippen LogP contribution < -0.4 is 10.6 Å². The van der Waals surface area contributed by atoms with Crippen molar-refractivity contribution in [3.63, 3.8) is 0 Å². The summed E-state index contributed by atoms with van der Waals surface area (Å²) >= 11 is 6.04. The molecule has 2 aromatic rings. The number of rotatable bonds is 7. The van der Waals surface area contributed by atoms with E-state index in [1.54, 1.807) is 17.7 Å². The standard InChI is InChI=1S/C15H18ClN3O2/c1-19-10-11(8-14(19)15(20)21)9-17-6-7-18-13-5-3-2-4-12(13)16/h2-5,8,10,17-18H,6-7,9H2,1H3,(H,20,21). The molecular weight excluding hydrogens is 290 g/mol. The van der Waals surface area contributed by atoms with Gasteiger partial charge in [-0.1, -0.05) is 23.7 Å². The van der Waals surface area contributed by atoms with Gasteiger partial charge < -0.3 is 20.3 Å². The zero-order valence-electron chi connectivity index (χ0n) is 11.8. The van der Waals surface area contributed by atoms with Crippen LogP contribution in [0.4, 0.5) is 5.69 Å². The molecule has 0 aliphatic rings. The van der Waals surface area contributed by atoms with Gasteiger partial charge in [0.2, 0.25) is 0 Å². The number of carboxylic acid groups (broad SMARTS) is 1. The summed E-state index contributed by atoms with van der Waals surface area (Å²) in [6, 6.07) is 9.27. The van der Waals surface area contributed by atoms with E-state index in [9.17, 15) is 4.79 Å². The topological polar surface area (TPSA) is 66.3 Å². The molecular formula is C15H18ClN3O2. The second-order valence-corrected chi connectivity index (χ2v) is 5.14. The van der Waals surface area contributed by atoms with Crippen molar-refractivity contribution in [1.82, 2.24) is 9.88 Å². The molecule has 0 aliphatic carbocycles. The summed E-state index contributed by atoms with van der Waals surface area (Å²) in [7, 11) is 1.73. The highest BCUT2D eigenvalue weighted by atomic mass is 35.5. The lowest BCUT2D eigenvalue weighted by Gasteiger charge is -2.08. The van der Waals surface area contributed by atoms with Crippen molar-refractivity contribution in [2.45, 2.75) is 6.54 Å². The number of hydrogen-bond acceptors (Lipinski definition) is 3. The average molecular weight is 308 g/mol. The van der Waals surface area contributed by atoms with Crippen LogP contribution in [-0.2, 0) is 13.6 Å². The molecule has 2 rings (SSSR count). The van der Waals surface area contributed by atoms with E-state index in [1.807, 2.05) is 30.5 Å². The van der Waals surface area contributed by atoms with Gasteiger partial charge in [-0.2, -0.15) is 0 Å². The highest BCUT2D eigenvalue weighted by molar-refractivity contribution is 6.33. The maximum Gasteiger partial charge on any atom is 0.352 e. The van der Waals surface area contributed by atoms with E-state index in [-0.39, 0.29) is 0 Å². The molecule has 0 amide bonds. The summed E-state index contributed by atoms with van der Waals surface area (Å²) in [4.78, 5) is 10.9. The van der Waals surface area contributed by atoms with E-state index >= 15 is 0 Å². The number of nitrogens with one attached hydrogen (secondary N) is 2. The molecule has 0 aliphatic heterocycles. The van der Waals surface area contributed by atoms with Crippen LogP contribution in [0.3, 0.4) is 0 Å². The Morgan fingerprint density at radius 1 is 1.33 bits per heavy atom. The number of carbonyl (C=O) groups is 1. The van der Waals surface area contributed by atoms with Gasteiger partial charge in [0.1, 0.15) is 5.69 Å². The fraction of sp³-hybridized carbons (Fsp3) is 0.267. The van der Waals surface area contributed by atoms with E-state index in [0.717, 1.165) is 24.3 Å². The first-order valence-corrected chi connectivity index (χ1v) is 7.03. The Morgan fingerprint density at radius 3 is 2.76 bits per heavy atom. The van der Waals surface area contributed by atoms with E-state index in [0.29, 0.717) is 17.3 Å². The molecule has 0 radical (unpaired) electrons. The van der Waals surface area contributed by atoms with Crippen LogP contribution >= 0.6 is 11.6 Å². The normalized spacial score (nSPS) is 10.6. The second kappa shape index (κ2) is 7.15. The second-order valence-electron chi connectivity index (χ2n) is 4.73. The minimum Gasteiger partial charge on any atom is -0.477 e. The fourth-order valence-electron chi connectivity index (χ4n) is 2.07. The SMILES string of the molecule is Cn1cc(CNCCNc2ccccc2Cl)cc1C(=O)O. The number of benzene rings is 1. The third kappa shape index (κ3) is 4.24. The summed E-state index contributed by atoms with van der Waals surface area (Å²) in [5.74, 6) is -0.913. The lowest BCUT2D eigenvalue weighted by molar-refractivity contribution is 0.0686. The highest BCUT2D eigenvalue weighted by Crippen LogP contribution is 2.19. The summed E-state index contributed by atoms with van der Waals surface area (Å²) in [6.07, 6.45) is 1.82. The van der Waals surface area contributed by atoms with Crippen molar-refractivity contribution in [3.8, 4) is 0 Å². The quantitative estimate of drug-likeness (QED) is 0.688. The molecule has 1 heterocycles. The first kappa shape index (κ1) is 15.4. The van der Waals surface area contributed by atoms with Gasteiger partial charge in [-0.25, -0.2) is 4.79 Å². The molecule has 5 nitrogen and oxygen atoms in total. The fourth-order valence-corrected chi connectivity index (χ4v) is 2.27. The maximum atomic E-state index is 10.9. The summed E-state index contributed by atoms with van der Waals surface area (Å²) in [5, 5.41) is 16.2. The molecule has 1 aromatic carbocycles. The van der Waals surface area contributed by atoms with E-state index in [4.69, 9.17) is 16.7 Å². The van der Waals surface area contributed by atoms with Gasteiger partial charge in [-0.15, -0.1) is 0 Å². The molecule has 112 valence electrons. The number of hydrogen-bond donors (Lipinski definition) is 3. The van der Waals surface area contributed by atoms with E-state index < -0.39 is 5.97 Å². The molecule has 0 saturated carbocycles. The van der Waals surface area contributed by atoms with Crippen LogP contribution in [0, 0.1) is 0 Å². The Balaban J connectivity index is 1.74. The first-order chi connectivity index (χ1) is 10.1. The molecule has 0 unspecified atom stereocenters. The molecule has 6 heteroatoms. The van der Waals surface area contributed by atoms with Crippen LogP contribution in [0.5, 0.6) is 0 Å². The number of aromatic nitrogens is 1. The number of halogens is 1. The third-order valence-corrected chi connectivity index (χ3v) is 3.43. The number of nitrogens with zero attached hydrogens (tertiary/aromatic N) is 1. The summed E-state index contributed by atoms with van der Waals surface area (Å²) < 4.78 is 1.61. The van der Waals surface area contributed by atoms with Gasteiger partial charge in [-0.3, -0.25) is 0 Å². The van der Waals surface area contributed by atoms with E-state index in [2.05, 4.69) is 10.6 Å². The molecule has 3 N–H and O–H groups in total. The molecule has 0 saturated heterocycles. The summed E-state index contributed by atoms with van der Waals surface area (Å²) in [5.41, 5.74) is 2.16. The lowest BCUT2D eigenvalue weighted by atomic mass is 10.3. The molecule has 21 heavy (non-hydrogen) atoms. The van der Waals surface area contributed by atoms with Crippen molar-refractivity contribution in [3.05, 3.63) is 52.8 Å². The lowest BCUT2D eigenvalue weighted by Crippen LogP contribution is -2.21. The molecule has 0 bridgehead atoms. The predicted octanol–water partition coefficient (Wildman–Crippen LogP) is 2.58. The van der Waals surface area contributed by atoms with Crippen LogP contribution in [0.2, 0.25) is 5.02 Å². The monoisotopic (exact) mass is 307 g/mol. The Kier molecular flexibility index (Phi) is 5.25. The number of carboxylic acids is 1. The minimum absolute atomic E-state index is 0.293. The van der Waals surface area contributed by atoms with Gasteiger partial charge >= 0.3 is 5.97 Å². The Hall–Kier alpha value is -1.98. The number of anilines is 1. The van der Waals surface area contributed by atoms with Gasteiger partial charge in [0.25, 0.3) is 0 Å². The maximum absolute atomic E-state index is 10.9. The van der Waals surface area contributed by atoms with Gasteiger partial charge in [-0.05, 0) is 23.8 Å². The zero-order valence-corrected chi connectivity index (χ0v) is 12.5. The number of para-hydroxylation sites is 1. The van der Waals surface area contributed by atoms with Crippen molar-refractivity contribution in [2.75, 3.05) is 18.4 Å². The predicted molar refractivity (Wildman–Crippen MR) is 84.0 cm³/mol. The van der Waals surface area contributed by atoms with Crippen molar-refractivity contribution in [2.24, 2.45) is 7.05 Å². The van der Waals surface area contributed by atoms with Crippen LogP contribution in [0.25, 0.3) is 0 Å². The van der Waals surface area contributed by atoms with Crippen molar-refractivity contribution >= 4 is 23.3 Å². The first-order valence-electron chi connectivity index (χ1n) is 6.65. The highest BCUT2D eigenvalue weighted by Gasteiger charge is 2.09. The molecule has 1 aromatic heterocycles. The van der Waals surface area contributed by atoms with Gasteiger partial charge in [0.05, 0.1) is 10.7 Å². The summed E-state index contributed by atoms with van der Waals surface area (Å²) in [6.45, 7) is 2.12. The van der Waals surface area contributed by atoms with Gasteiger partial charge in [0.15, 0.2) is 0 Å². The number of aromatic carboxylic acids is 1.